The zero-order valence-corrected chi connectivity index (χ0v) is 12.5. The lowest BCUT2D eigenvalue weighted by Gasteiger charge is -2.03. The molecule has 1 amide bonds. The number of aromatic amines is 1. The van der Waals surface area contributed by atoms with Gasteiger partial charge in [-0.25, -0.2) is 4.98 Å². The molecule has 0 aromatic carbocycles. The van der Waals surface area contributed by atoms with Gasteiger partial charge in [0.05, 0.1) is 17.3 Å². The summed E-state index contributed by atoms with van der Waals surface area (Å²) in [6.07, 6.45) is 8.40. The number of anilines is 1. The largest absolute Gasteiger partial charge is 0.319 e. The van der Waals surface area contributed by atoms with Crippen LogP contribution in [0.3, 0.4) is 0 Å². The fraction of sp³-hybridized carbons (Fsp3) is 0. The molecule has 0 saturated heterocycles. The molecule has 0 spiro atoms. The Kier molecular flexibility index (Phi) is 3.43. The number of pyridine rings is 3. The Hall–Kier alpha value is -3.61. The van der Waals surface area contributed by atoms with Crippen LogP contribution in [0.1, 0.15) is 10.5 Å². The fourth-order valence-corrected chi connectivity index (χ4v) is 2.39. The molecule has 7 heteroatoms. The Balaban J connectivity index is 1.72. The standard InChI is InChI=1S/C17H12N6O/c24-17(21-13-4-2-6-19-10-13)15-14-7-12(9-20-16(14)23-22-15)11-3-1-5-18-8-11/h1-10H,(H,21,24)(H,20,22,23). The molecule has 0 aliphatic rings. The van der Waals surface area contributed by atoms with Gasteiger partial charge in [0, 0.05) is 35.9 Å². The first-order valence-corrected chi connectivity index (χ1v) is 7.27. The molecule has 0 atom stereocenters. The second-order valence-corrected chi connectivity index (χ2v) is 5.13. The Morgan fingerprint density at radius 3 is 2.58 bits per heavy atom. The van der Waals surface area contributed by atoms with E-state index >= 15 is 0 Å². The van der Waals surface area contributed by atoms with Gasteiger partial charge >= 0.3 is 0 Å². The average Bonchev–Trinajstić information content (AvgIpc) is 3.06. The summed E-state index contributed by atoms with van der Waals surface area (Å²) in [6.45, 7) is 0. The average molecular weight is 316 g/mol. The summed E-state index contributed by atoms with van der Waals surface area (Å²) in [5.74, 6) is -0.320. The summed E-state index contributed by atoms with van der Waals surface area (Å²) in [5, 5.41) is 10.3. The lowest BCUT2D eigenvalue weighted by molar-refractivity contribution is 0.102. The third-order valence-corrected chi connectivity index (χ3v) is 3.55. The number of carbonyl (C=O) groups is 1. The van der Waals surface area contributed by atoms with Crippen LogP contribution in [0.15, 0.2) is 61.3 Å². The Bertz CT molecular complexity index is 997. The van der Waals surface area contributed by atoms with E-state index < -0.39 is 0 Å². The number of H-pyrrole nitrogens is 1. The van der Waals surface area contributed by atoms with E-state index in [4.69, 9.17) is 0 Å². The third kappa shape index (κ3) is 2.58. The highest BCUT2D eigenvalue weighted by molar-refractivity contribution is 6.11. The van der Waals surface area contributed by atoms with Crippen LogP contribution < -0.4 is 5.32 Å². The number of amides is 1. The van der Waals surface area contributed by atoms with E-state index in [2.05, 4.69) is 30.5 Å². The number of hydrogen-bond acceptors (Lipinski definition) is 5. The normalized spacial score (nSPS) is 10.7. The first-order valence-electron chi connectivity index (χ1n) is 7.27. The van der Waals surface area contributed by atoms with Crippen molar-refractivity contribution in [3.8, 4) is 11.1 Å². The maximum atomic E-state index is 12.5. The molecular formula is C17H12N6O. The SMILES string of the molecule is O=C(Nc1cccnc1)c1n[nH]c2ncc(-c3cccnc3)cc12. The van der Waals surface area contributed by atoms with Crippen molar-refractivity contribution >= 4 is 22.6 Å². The smallest absolute Gasteiger partial charge is 0.276 e. The van der Waals surface area contributed by atoms with Crippen LogP contribution >= 0.6 is 0 Å². The zero-order valence-electron chi connectivity index (χ0n) is 12.5. The monoisotopic (exact) mass is 316 g/mol. The summed E-state index contributed by atoms with van der Waals surface area (Å²) in [5.41, 5.74) is 3.24. The summed E-state index contributed by atoms with van der Waals surface area (Å²) < 4.78 is 0. The van der Waals surface area contributed by atoms with Gasteiger partial charge in [0.15, 0.2) is 11.3 Å². The van der Waals surface area contributed by atoms with Crippen LogP contribution in [-0.4, -0.2) is 31.1 Å². The summed E-state index contributed by atoms with van der Waals surface area (Å²) >= 11 is 0. The van der Waals surface area contributed by atoms with Crippen LogP contribution in [0.2, 0.25) is 0 Å². The number of nitrogens with zero attached hydrogens (tertiary/aromatic N) is 4. The second kappa shape index (κ2) is 5.88. The van der Waals surface area contributed by atoms with Crippen LogP contribution in [-0.2, 0) is 0 Å². The van der Waals surface area contributed by atoms with Crippen molar-refractivity contribution in [2.45, 2.75) is 0 Å². The molecule has 0 aliphatic heterocycles. The quantitative estimate of drug-likeness (QED) is 0.605. The van der Waals surface area contributed by atoms with Crippen LogP contribution in [0.5, 0.6) is 0 Å². The minimum atomic E-state index is -0.320. The first kappa shape index (κ1) is 14.0. The van der Waals surface area contributed by atoms with Crippen molar-refractivity contribution in [2.75, 3.05) is 5.32 Å². The van der Waals surface area contributed by atoms with Gasteiger partial charge < -0.3 is 5.32 Å². The van der Waals surface area contributed by atoms with Crippen LogP contribution in [0.4, 0.5) is 5.69 Å². The van der Waals surface area contributed by atoms with E-state index in [0.29, 0.717) is 16.7 Å². The second-order valence-electron chi connectivity index (χ2n) is 5.13. The van der Waals surface area contributed by atoms with Gasteiger partial charge in [0.2, 0.25) is 0 Å². The van der Waals surface area contributed by atoms with Crippen molar-refractivity contribution in [3.05, 3.63) is 67.0 Å². The Labute approximate surface area is 136 Å². The molecule has 0 fully saturated rings. The highest BCUT2D eigenvalue weighted by Crippen LogP contribution is 2.23. The predicted octanol–water partition coefficient (Wildman–Crippen LogP) is 2.67. The lowest BCUT2D eigenvalue weighted by Crippen LogP contribution is -2.12. The number of aromatic nitrogens is 5. The molecule has 4 aromatic rings. The number of carbonyl (C=O) groups excluding carboxylic acids is 1. The van der Waals surface area contributed by atoms with Crippen LogP contribution in [0.25, 0.3) is 22.2 Å². The molecule has 0 bridgehead atoms. The lowest BCUT2D eigenvalue weighted by atomic mass is 10.1. The highest BCUT2D eigenvalue weighted by atomic mass is 16.1. The number of rotatable bonds is 3. The maximum absolute atomic E-state index is 12.5. The van der Waals surface area contributed by atoms with E-state index in [1.54, 1.807) is 43.1 Å². The van der Waals surface area contributed by atoms with E-state index in [9.17, 15) is 4.79 Å². The molecule has 0 unspecified atom stereocenters. The molecule has 4 aromatic heterocycles. The molecule has 2 N–H and O–H groups in total. The minimum Gasteiger partial charge on any atom is -0.319 e. The number of hydrogen-bond donors (Lipinski definition) is 2. The summed E-state index contributed by atoms with van der Waals surface area (Å²) in [7, 11) is 0. The molecule has 7 nitrogen and oxygen atoms in total. The molecule has 4 heterocycles. The first-order chi connectivity index (χ1) is 11.8. The van der Waals surface area contributed by atoms with Crippen LogP contribution in [0, 0.1) is 0 Å². The minimum absolute atomic E-state index is 0.284. The third-order valence-electron chi connectivity index (χ3n) is 3.55. The summed E-state index contributed by atoms with van der Waals surface area (Å²) in [6, 6.07) is 9.18. The molecule has 116 valence electrons. The number of fused-ring (bicyclic) bond motifs is 1. The molecule has 4 rings (SSSR count). The molecule has 0 radical (unpaired) electrons. The molecular weight excluding hydrogens is 304 g/mol. The van der Waals surface area contributed by atoms with Crippen molar-refractivity contribution < 1.29 is 4.79 Å². The van der Waals surface area contributed by atoms with Gasteiger partial charge in [-0.05, 0) is 24.3 Å². The van der Waals surface area contributed by atoms with E-state index in [1.807, 2.05) is 18.2 Å². The number of nitrogens with one attached hydrogen (secondary N) is 2. The maximum Gasteiger partial charge on any atom is 0.276 e. The van der Waals surface area contributed by atoms with E-state index in [0.717, 1.165) is 11.1 Å². The fourth-order valence-electron chi connectivity index (χ4n) is 2.39. The highest BCUT2D eigenvalue weighted by Gasteiger charge is 2.16. The van der Waals surface area contributed by atoms with E-state index in [1.165, 1.54) is 0 Å². The van der Waals surface area contributed by atoms with Crippen molar-refractivity contribution in [2.24, 2.45) is 0 Å². The Morgan fingerprint density at radius 2 is 1.83 bits per heavy atom. The van der Waals surface area contributed by atoms with Crippen molar-refractivity contribution in [3.63, 3.8) is 0 Å². The van der Waals surface area contributed by atoms with Gasteiger partial charge in [-0.15, -0.1) is 0 Å². The Morgan fingerprint density at radius 1 is 1.00 bits per heavy atom. The topological polar surface area (TPSA) is 96.5 Å². The molecule has 0 aliphatic carbocycles. The predicted molar refractivity (Wildman–Crippen MR) is 89.3 cm³/mol. The molecule has 24 heavy (non-hydrogen) atoms. The zero-order chi connectivity index (χ0) is 16.4. The van der Waals surface area contributed by atoms with Gasteiger partial charge in [0.25, 0.3) is 5.91 Å². The van der Waals surface area contributed by atoms with E-state index in [-0.39, 0.29) is 11.6 Å². The van der Waals surface area contributed by atoms with Gasteiger partial charge in [0.1, 0.15) is 0 Å². The van der Waals surface area contributed by atoms with Crippen molar-refractivity contribution in [1.29, 1.82) is 0 Å². The van der Waals surface area contributed by atoms with Gasteiger partial charge in [-0.2, -0.15) is 5.10 Å². The van der Waals surface area contributed by atoms with Gasteiger partial charge in [-0.3, -0.25) is 19.9 Å². The van der Waals surface area contributed by atoms with Crippen molar-refractivity contribution in [1.82, 2.24) is 25.1 Å². The van der Waals surface area contributed by atoms with Gasteiger partial charge in [-0.1, -0.05) is 6.07 Å². The molecule has 0 saturated carbocycles. The summed E-state index contributed by atoms with van der Waals surface area (Å²) in [4.78, 5) is 24.9.